The van der Waals surface area contributed by atoms with Crippen molar-refractivity contribution in [3.05, 3.63) is 82.7 Å². The van der Waals surface area contributed by atoms with Crippen LogP contribution in [0.5, 0.6) is 0 Å². The van der Waals surface area contributed by atoms with Gasteiger partial charge in [0.25, 0.3) is 11.8 Å². The van der Waals surface area contributed by atoms with Gasteiger partial charge in [-0.15, -0.1) is 22.7 Å². The van der Waals surface area contributed by atoms with Crippen molar-refractivity contribution in [3.63, 3.8) is 0 Å². The number of nitrogens with zero attached hydrogens (tertiary/aromatic N) is 4. The Morgan fingerprint density at radius 2 is 1.79 bits per heavy atom. The molecule has 1 unspecified atom stereocenters. The third kappa shape index (κ3) is 7.03. The summed E-state index contributed by atoms with van der Waals surface area (Å²) in [6.07, 6.45) is 4.04. The van der Waals surface area contributed by atoms with Crippen LogP contribution in [0.4, 0.5) is 10.3 Å². The highest BCUT2D eigenvalue weighted by Gasteiger charge is 2.39. The van der Waals surface area contributed by atoms with Crippen molar-refractivity contribution in [2.45, 2.75) is 31.7 Å². The van der Waals surface area contributed by atoms with E-state index in [4.69, 9.17) is 5.21 Å². The monoisotopic (exact) mass is 604 g/mol. The molecule has 5 rings (SSSR count). The van der Waals surface area contributed by atoms with Gasteiger partial charge >= 0.3 is 0 Å². The largest absolute Gasteiger partial charge is 0.352 e. The first-order valence-corrected chi connectivity index (χ1v) is 15.0. The first-order chi connectivity index (χ1) is 20.5. The molecule has 216 valence electrons. The molecule has 14 heteroatoms. The predicted octanol–water partition coefficient (Wildman–Crippen LogP) is 3.80. The van der Waals surface area contributed by atoms with Gasteiger partial charge in [0, 0.05) is 46.6 Å². The summed E-state index contributed by atoms with van der Waals surface area (Å²) in [5.74, 6) is -0.879. The summed E-state index contributed by atoms with van der Waals surface area (Å²) in [7, 11) is 0. The Bertz CT molecular complexity index is 1540. The fourth-order valence-corrected chi connectivity index (χ4v) is 5.48. The maximum atomic E-state index is 13.5. The molecule has 2 aromatic heterocycles. The Kier molecular flexibility index (Phi) is 9.61. The van der Waals surface area contributed by atoms with Crippen LogP contribution in [0.1, 0.15) is 41.6 Å². The molecular formula is C28H28N8O4S2. The van der Waals surface area contributed by atoms with Gasteiger partial charge in [0.2, 0.25) is 11.0 Å². The van der Waals surface area contributed by atoms with Crippen LogP contribution in [0, 0.1) is 0 Å². The van der Waals surface area contributed by atoms with E-state index in [1.807, 2.05) is 53.2 Å². The summed E-state index contributed by atoms with van der Waals surface area (Å²) in [5, 5.41) is 22.1. The van der Waals surface area contributed by atoms with E-state index in [1.165, 1.54) is 27.7 Å². The average Bonchev–Trinajstić information content (AvgIpc) is 3.79. The van der Waals surface area contributed by atoms with E-state index in [0.29, 0.717) is 40.2 Å². The number of unbranched alkanes of at least 4 members (excludes halogenated alkanes) is 2. The number of hydroxylamine groups is 1. The lowest BCUT2D eigenvalue weighted by Gasteiger charge is -2.14. The number of hydrazone groups is 1. The van der Waals surface area contributed by atoms with Crippen molar-refractivity contribution in [2.24, 2.45) is 5.10 Å². The molecule has 0 saturated heterocycles. The summed E-state index contributed by atoms with van der Waals surface area (Å²) < 4.78 is 0. The molecular weight excluding hydrogens is 576 g/mol. The number of amides is 3. The van der Waals surface area contributed by atoms with Gasteiger partial charge in [0.05, 0.1) is 11.4 Å². The van der Waals surface area contributed by atoms with Crippen molar-refractivity contribution in [3.8, 4) is 11.3 Å². The van der Waals surface area contributed by atoms with E-state index in [-0.39, 0.29) is 18.2 Å². The molecule has 4 aromatic rings. The van der Waals surface area contributed by atoms with Crippen LogP contribution in [0.25, 0.3) is 11.3 Å². The highest BCUT2D eigenvalue weighted by Crippen LogP contribution is 2.31. The number of thiazole rings is 2. The van der Waals surface area contributed by atoms with Crippen LogP contribution in [0.2, 0.25) is 0 Å². The molecule has 42 heavy (non-hydrogen) atoms. The van der Waals surface area contributed by atoms with Crippen LogP contribution >= 0.6 is 22.7 Å². The normalized spacial score (nSPS) is 14.5. The molecule has 3 amide bonds. The summed E-state index contributed by atoms with van der Waals surface area (Å²) in [4.78, 5) is 45.9. The van der Waals surface area contributed by atoms with Crippen LogP contribution in [0.15, 0.2) is 76.7 Å². The Hall–Kier alpha value is -4.50. The van der Waals surface area contributed by atoms with E-state index in [0.717, 1.165) is 24.0 Å². The first-order valence-electron chi connectivity index (χ1n) is 13.2. The van der Waals surface area contributed by atoms with Gasteiger partial charge in [0.15, 0.2) is 11.2 Å². The molecule has 0 saturated carbocycles. The lowest BCUT2D eigenvalue weighted by atomic mass is 10.0. The van der Waals surface area contributed by atoms with Crippen LogP contribution < -0.4 is 26.7 Å². The molecule has 0 fully saturated rings. The Morgan fingerprint density at radius 3 is 2.52 bits per heavy atom. The van der Waals surface area contributed by atoms with Gasteiger partial charge in [-0.1, -0.05) is 48.9 Å². The molecule has 2 aromatic carbocycles. The predicted molar refractivity (Wildman–Crippen MR) is 161 cm³/mol. The zero-order valence-corrected chi connectivity index (χ0v) is 24.0. The molecule has 1 aliphatic heterocycles. The number of benzene rings is 2. The molecule has 12 nitrogen and oxygen atoms in total. The minimum absolute atomic E-state index is 0.191. The van der Waals surface area contributed by atoms with Crippen molar-refractivity contribution in [2.75, 3.05) is 17.0 Å². The van der Waals surface area contributed by atoms with Crippen molar-refractivity contribution in [1.82, 2.24) is 26.2 Å². The third-order valence-corrected chi connectivity index (χ3v) is 7.87. The van der Waals surface area contributed by atoms with Gasteiger partial charge < -0.3 is 5.32 Å². The number of carbonyl (C=O) groups is 3. The summed E-state index contributed by atoms with van der Waals surface area (Å²) in [6.45, 7) is 0.487. The maximum Gasteiger partial charge on any atom is 0.274 e. The first kappa shape index (κ1) is 29.0. The van der Waals surface area contributed by atoms with Crippen LogP contribution in [0.3, 0.4) is 0 Å². The van der Waals surface area contributed by atoms with Gasteiger partial charge in [-0.2, -0.15) is 10.1 Å². The average molecular weight is 605 g/mol. The smallest absolute Gasteiger partial charge is 0.274 e. The molecule has 5 N–H and O–H groups in total. The van der Waals surface area contributed by atoms with E-state index in [1.54, 1.807) is 23.8 Å². The Labute approximate surface area is 249 Å². The third-order valence-electron chi connectivity index (χ3n) is 6.37. The number of carbonyl (C=O) groups excluding carboxylic acids is 3. The minimum Gasteiger partial charge on any atom is -0.352 e. The number of anilines is 2. The number of aromatic nitrogens is 2. The minimum atomic E-state index is -0.749. The molecule has 0 radical (unpaired) electrons. The van der Waals surface area contributed by atoms with Crippen LogP contribution in [-0.2, 0) is 9.59 Å². The molecule has 1 atom stereocenters. The molecule has 0 aliphatic carbocycles. The maximum absolute atomic E-state index is 13.5. The van der Waals surface area contributed by atoms with Gasteiger partial charge in [-0.25, -0.2) is 20.9 Å². The fraction of sp³-hybridized carbons (Fsp3) is 0.214. The zero-order chi connectivity index (χ0) is 29.3. The quantitative estimate of drug-likeness (QED) is 0.0875. The standard InChI is InChI=1S/C28H28N8O4S2/c37-22(35-40)9-5-2-6-14-29-25(38)20-12-10-18(11-13-20)21-17-42-28(31-21)36-26(39)24(32-33-27-30-15-16-41-27)23(34-36)19-7-3-1-4-8-19/h1,3-4,7-8,10-13,15-17,24,32,40H,2,5-6,9,14H2,(H,29,38)(H,30,33)(H,35,37). The molecule has 0 bridgehead atoms. The summed E-state index contributed by atoms with van der Waals surface area (Å²) in [5.41, 5.74) is 11.0. The van der Waals surface area contributed by atoms with E-state index < -0.39 is 11.9 Å². The van der Waals surface area contributed by atoms with Gasteiger partial charge in [-0.05, 0) is 25.0 Å². The summed E-state index contributed by atoms with van der Waals surface area (Å²) in [6, 6.07) is 15.8. The second-order valence-electron chi connectivity index (χ2n) is 9.24. The number of rotatable bonds is 13. The summed E-state index contributed by atoms with van der Waals surface area (Å²) >= 11 is 2.71. The number of hydrogen-bond acceptors (Lipinski definition) is 11. The molecule has 1 aliphatic rings. The van der Waals surface area contributed by atoms with E-state index >= 15 is 0 Å². The number of nitrogens with one attached hydrogen (secondary N) is 4. The van der Waals surface area contributed by atoms with E-state index in [2.05, 4.69) is 31.2 Å². The van der Waals surface area contributed by atoms with Crippen molar-refractivity contribution in [1.29, 1.82) is 0 Å². The molecule has 3 heterocycles. The van der Waals surface area contributed by atoms with Crippen LogP contribution in [-0.4, -0.2) is 51.2 Å². The zero-order valence-electron chi connectivity index (χ0n) is 22.3. The second-order valence-corrected chi connectivity index (χ2v) is 11.0. The van der Waals surface area contributed by atoms with E-state index in [9.17, 15) is 14.4 Å². The van der Waals surface area contributed by atoms with Crippen molar-refractivity contribution < 1.29 is 19.6 Å². The highest BCUT2D eigenvalue weighted by molar-refractivity contribution is 7.14. The lowest BCUT2D eigenvalue weighted by Crippen LogP contribution is -2.46. The Morgan fingerprint density at radius 1 is 0.976 bits per heavy atom. The second kappa shape index (κ2) is 13.9. The number of hydrogen-bond donors (Lipinski definition) is 5. The Balaban J connectivity index is 1.22. The SMILES string of the molecule is O=C(CCCCCNC(=O)c1ccc(-c2csc(N3N=C(c4ccccc4)C(NNc4nccs4)C3=O)n2)cc1)NO. The van der Waals surface area contributed by atoms with Gasteiger partial charge in [0.1, 0.15) is 0 Å². The fourth-order valence-electron chi connectivity index (χ4n) is 4.21. The molecule has 0 spiro atoms. The topological polar surface area (TPSA) is 161 Å². The van der Waals surface area contributed by atoms with Crippen molar-refractivity contribution >= 4 is 56.4 Å². The highest BCUT2D eigenvalue weighted by atomic mass is 32.1. The number of hydrazine groups is 1. The van der Waals surface area contributed by atoms with Gasteiger partial charge in [-0.3, -0.25) is 25.0 Å². The lowest BCUT2D eigenvalue weighted by molar-refractivity contribution is -0.129.